The van der Waals surface area contributed by atoms with Gasteiger partial charge < -0.3 is 9.47 Å². The quantitative estimate of drug-likeness (QED) is 0.572. The summed E-state index contributed by atoms with van der Waals surface area (Å²) in [6, 6.07) is 13.6. The molecule has 3 rings (SSSR count). The average molecular weight is 411 g/mol. The Balaban J connectivity index is 1.95. The van der Waals surface area contributed by atoms with E-state index < -0.39 is 0 Å². The first kappa shape index (κ1) is 21.0. The first-order valence-electron chi connectivity index (χ1n) is 9.64. The number of amidine groups is 1. The van der Waals surface area contributed by atoms with E-state index in [-0.39, 0.29) is 5.91 Å². The van der Waals surface area contributed by atoms with Crippen molar-refractivity contribution in [3.8, 4) is 11.5 Å². The fourth-order valence-corrected chi connectivity index (χ4v) is 3.93. The van der Waals surface area contributed by atoms with Crippen LogP contribution >= 0.6 is 11.8 Å². The van der Waals surface area contributed by atoms with E-state index in [0.29, 0.717) is 28.1 Å². The van der Waals surface area contributed by atoms with Gasteiger partial charge in [-0.2, -0.15) is 0 Å². The number of unbranched alkanes of at least 4 members (excludes halogenated alkanes) is 1. The van der Waals surface area contributed by atoms with Crippen LogP contribution in [-0.4, -0.2) is 36.7 Å². The molecule has 29 heavy (non-hydrogen) atoms. The van der Waals surface area contributed by atoms with E-state index in [0.717, 1.165) is 24.1 Å². The molecule has 1 amide bonds. The first-order valence-corrected chi connectivity index (χ1v) is 10.5. The molecular weight excluding hydrogens is 384 g/mol. The molecule has 0 unspecified atom stereocenters. The minimum absolute atomic E-state index is 0.0211. The number of hydrogen-bond donors (Lipinski definition) is 0. The summed E-state index contributed by atoms with van der Waals surface area (Å²) in [5.74, 6) is 1.35. The lowest BCUT2D eigenvalue weighted by Crippen LogP contribution is -2.30. The highest BCUT2D eigenvalue weighted by Gasteiger charge is 2.33. The number of ether oxygens (including phenoxy) is 2. The normalized spacial score (nSPS) is 16.7. The monoisotopic (exact) mass is 410 g/mol. The molecule has 1 fully saturated rings. The standard InChI is InChI=1S/C23H26N2O3S/c1-5-6-13-25-22(26)21(14-17-9-12-19(27-3)15-20(17)28-4)29-23(25)24-18-10-7-16(2)8-11-18/h7-12,14-15H,5-6,13H2,1-4H3/b21-14+,24-23?. The van der Waals surface area contributed by atoms with Gasteiger partial charge >= 0.3 is 0 Å². The number of benzene rings is 2. The maximum Gasteiger partial charge on any atom is 0.266 e. The summed E-state index contributed by atoms with van der Waals surface area (Å²) in [6.45, 7) is 4.81. The Morgan fingerprint density at radius 1 is 1.10 bits per heavy atom. The van der Waals surface area contributed by atoms with Gasteiger partial charge in [-0.25, -0.2) is 4.99 Å². The van der Waals surface area contributed by atoms with Gasteiger partial charge in [-0.15, -0.1) is 0 Å². The third-order valence-corrected chi connectivity index (χ3v) is 5.62. The van der Waals surface area contributed by atoms with Gasteiger partial charge in [0.25, 0.3) is 5.91 Å². The number of rotatable bonds is 7. The predicted octanol–water partition coefficient (Wildman–Crippen LogP) is 5.42. The molecule has 2 aromatic carbocycles. The molecule has 1 heterocycles. The van der Waals surface area contributed by atoms with E-state index in [1.54, 1.807) is 19.1 Å². The van der Waals surface area contributed by atoms with Gasteiger partial charge in [-0.3, -0.25) is 9.69 Å². The maximum absolute atomic E-state index is 13.1. The van der Waals surface area contributed by atoms with Gasteiger partial charge in [0.1, 0.15) is 11.5 Å². The van der Waals surface area contributed by atoms with Crippen LogP contribution in [0, 0.1) is 6.92 Å². The van der Waals surface area contributed by atoms with Crippen LogP contribution in [-0.2, 0) is 4.79 Å². The number of nitrogens with zero attached hydrogens (tertiary/aromatic N) is 2. The Hall–Kier alpha value is -2.73. The van der Waals surface area contributed by atoms with Crippen molar-refractivity contribution in [2.75, 3.05) is 20.8 Å². The topological polar surface area (TPSA) is 51.1 Å². The molecule has 1 saturated heterocycles. The third-order valence-electron chi connectivity index (χ3n) is 4.61. The number of hydrogen-bond acceptors (Lipinski definition) is 5. The minimum Gasteiger partial charge on any atom is -0.497 e. The summed E-state index contributed by atoms with van der Waals surface area (Å²) in [5.41, 5.74) is 2.85. The van der Waals surface area contributed by atoms with Crippen LogP contribution in [0.4, 0.5) is 5.69 Å². The van der Waals surface area contributed by atoms with Crippen LogP contribution in [0.15, 0.2) is 52.4 Å². The second-order valence-electron chi connectivity index (χ2n) is 6.76. The van der Waals surface area contributed by atoms with E-state index in [1.165, 1.54) is 17.3 Å². The van der Waals surface area contributed by atoms with Crippen LogP contribution in [0.1, 0.15) is 30.9 Å². The van der Waals surface area contributed by atoms with E-state index in [2.05, 4.69) is 6.92 Å². The van der Waals surface area contributed by atoms with Gasteiger partial charge in [0.15, 0.2) is 5.17 Å². The molecule has 0 bridgehead atoms. The van der Waals surface area contributed by atoms with Crippen molar-refractivity contribution in [2.24, 2.45) is 4.99 Å². The molecule has 0 saturated carbocycles. The number of aliphatic imine (C=N–C) groups is 1. The molecule has 0 aliphatic carbocycles. The van der Waals surface area contributed by atoms with Crippen LogP contribution in [0.5, 0.6) is 11.5 Å². The largest absolute Gasteiger partial charge is 0.497 e. The molecule has 1 aliphatic rings. The van der Waals surface area contributed by atoms with Crippen LogP contribution in [0.2, 0.25) is 0 Å². The molecule has 0 spiro atoms. The number of thioether (sulfide) groups is 1. The minimum atomic E-state index is -0.0211. The molecule has 5 nitrogen and oxygen atoms in total. The second-order valence-corrected chi connectivity index (χ2v) is 7.77. The zero-order valence-electron chi connectivity index (χ0n) is 17.3. The van der Waals surface area contributed by atoms with Gasteiger partial charge in [-0.1, -0.05) is 31.0 Å². The SMILES string of the molecule is CCCCN1C(=O)/C(=C\c2ccc(OC)cc2OC)SC1=Nc1ccc(C)cc1. The Morgan fingerprint density at radius 2 is 1.86 bits per heavy atom. The molecule has 0 N–H and O–H groups in total. The third kappa shape index (κ3) is 5.01. The van der Waals surface area contributed by atoms with Gasteiger partial charge in [0.2, 0.25) is 0 Å². The summed E-state index contributed by atoms with van der Waals surface area (Å²) in [6.07, 6.45) is 3.80. The molecule has 0 atom stereocenters. The Bertz CT molecular complexity index is 936. The average Bonchev–Trinajstić information content (AvgIpc) is 3.02. The Morgan fingerprint density at radius 3 is 2.52 bits per heavy atom. The zero-order chi connectivity index (χ0) is 20.8. The molecule has 152 valence electrons. The lowest BCUT2D eigenvalue weighted by atomic mass is 10.1. The Kier molecular flexibility index (Phi) is 6.99. The molecule has 0 aromatic heterocycles. The van der Waals surface area contributed by atoms with Crippen LogP contribution < -0.4 is 9.47 Å². The first-order chi connectivity index (χ1) is 14.0. The van der Waals surface area contributed by atoms with Crippen molar-refractivity contribution in [3.63, 3.8) is 0 Å². The van der Waals surface area contributed by atoms with E-state index in [1.807, 2.05) is 55.5 Å². The number of carbonyl (C=O) groups is 1. The molecular formula is C23H26N2O3S. The van der Waals surface area contributed by atoms with E-state index in [9.17, 15) is 4.79 Å². The molecule has 0 radical (unpaired) electrons. The van der Waals surface area contributed by atoms with E-state index >= 15 is 0 Å². The van der Waals surface area contributed by atoms with Gasteiger partial charge in [0.05, 0.1) is 24.8 Å². The van der Waals surface area contributed by atoms with Gasteiger partial charge in [0, 0.05) is 18.2 Å². The number of amides is 1. The summed E-state index contributed by atoms with van der Waals surface area (Å²) >= 11 is 1.40. The van der Waals surface area contributed by atoms with Crippen molar-refractivity contribution < 1.29 is 14.3 Å². The van der Waals surface area contributed by atoms with E-state index in [4.69, 9.17) is 14.5 Å². The summed E-state index contributed by atoms with van der Waals surface area (Å²) in [7, 11) is 3.22. The van der Waals surface area contributed by atoms with Gasteiger partial charge in [-0.05, 0) is 55.4 Å². The molecule has 1 aliphatic heterocycles. The van der Waals surface area contributed by atoms with Crippen LogP contribution in [0.25, 0.3) is 6.08 Å². The number of carbonyl (C=O) groups excluding carboxylic acids is 1. The molecule has 6 heteroatoms. The second kappa shape index (κ2) is 9.65. The summed E-state index contributed by atoms with van der Waals surface area (Å²) in [4.78, 5) is 20.2. The summed E-state index contributed by atoms with van der Waals surface area (Å²) in [5, 5.41) is 0.714. The van der Waals surface area contributed by atoms with Crippen molar-refractivity contribution in [2.45, 2.75) is 26.7 Å². The maximum atomic E-state index is 13.1. The highest BCUT2D eigenvalue weighted by Crippen LogP contribution is 2.36. The fraction of sp³-hybridized carbons (Fsp3) is 0.304. The predicted molar refractivity (Wildman–Crippen MR) is 120 cm³/mol. The smallest absolute Gasteiger partial charge is 0.266 e. The van der Waals surface area contributed by atoms with Crippen molar-refractivity contribution in [3.05, 3.63) is 58.5 Å². The summed E-state index contributed by atoms with van der Waals surface area (Å²) < 4.78 is 10.7. The van der Waals surface area contributed by atoms with Crippen LogP contribution in [0.3, 0.4) is 0 Å². The number of methoxy groups -OCH3 is 2. The highest BCUT2D eigenvalue weighted by molar-refractivity contribution is 8.18. The highest BCUT2D eigenvalue weighted by atomic mass is 32.2. The fourth-order valence-electron chi connectivity index (χ4n) is 2.91. The zero-order valence-corrected chi connectivity index (χ0v) is 18.1. The lowest BCUT2D eigenvalue weighted by Gasteiger charge is -2.14. The Labute approximate surface area is 176 Å². The number of aryl methyl sites for hydroxylation is 1. The lowest BCUT2D eigenvalue weighted by molar-refractivity contribution is -0.122. The van der Waals surface area contributed by atoms with Crippen molar-refractivity contribution in [1.29, 1.82) is 0 Å². The molecule has 2 aromatic rings. The van der Waals surface area contributed by atoms with Crippen molar-refractivity contribution >= 4 is 34.6 Å². The van der Waals surface area contributed by atoms with Crippen molar-refractivity contribution in [1.82, 2.24) is 4.90 Å².